The van der Waals surface area contributed by atoms with Gasteiger partial charge in [0.1, 0.15) is 5.82 Å². The van der Waals surface area contributed by atoms with E-state index in [9.17, 15) is 4.79 Å². The van der Waals surface area contributed by atoms with Crippen molar-refractivity contribution in [3.63, 3.8) is 0 Å². The topological polar surface area (TPSA) is 82.2 Å². The molecule has 3 aromatic carbocycles. The van der Waals surface area contributed by atoms with Crippen LogP contribution in [-0.2, 0) is 4.79 Å². The number of nitrogens with one attached hydrogen (secondary N) is 3. The summed E-state index contributed by atoms with van der Waals surface area (Å²) in [6.07, 6.45) is 5.06. The van der Waals surface area contributed by atoms with E-state index in [1.807, 2.05) is 68.4 Å². The number of carbonyl (C=O) groups excluding carboxylic acids is 1. The molecule has 0 saturated carbocycles. The molecular formula is C27H27BrN6O. The summed E-state index contributed by atoms with van der Waals surface area (Å²) in [5.74, 6) is 0.906. The van der Waals surface area contributed by atoms with Crippen LogP contribution in [-0.4, -0.2) is 41.4 Å². The number of halogens is 1. The lowest BCUT2D eigenvalue weighted by Crippen LogP contribution is -2.13. The molecule has 7 nitrogen and oxygen atoms in total. The molecule has 8 heteroatoms. The van der Waals surface area contributed by atoms with Gasteiger partial charge >= 0.3 is 0 Å². The van der Waals surface area contributed by atoms with Gasteiger partial charge in [-0.3, -0.25) is 4.79 Å². The van der Waals surface area contributed by atoms with Crippen LogP contribution in [0.3, 0.4) is 0 Å². The van der Waals surface area contributed by atoms with Crippen molar-refractivity contribution in [3.8, 4) is 0 Å². The van der Waals surface area contributed by atoms with Crippen LogP contribution in [0.25, 0.3) is 10.8 Å². The molecule has 0 unspecified atom stereocenters. The highest BCUT2D eigenvalue weighted by Crippen LogP contribution is 2.28. The molecule has 0 aliphatic heterocycles. The fourth-order valence-corrected chi connectivity index (χ4v) is 3.72. The Morgan fingerprint density at radius 1 is 1.00 bits per heavy atom. The zero-order valence-corrected chi connectivity index (χ0v) is 21.4. The number of amides is 1. The average molecular weight is 531 g/mol. The zero-order valence-electron chi connectivity index (χ0n) is 19.8. The lowest BCUT2D eigenvalue weighted by Gasteiger charge is -2.13. The van der Waals surface area contributed by atoms with Gasteiger partial charge in [-0.15, -0.1) is 0 Å². The van der Waals surface area contributed by atoms with E-state index in [1.54, 1.807) is 6.20 Å². The molecule has 0 spiro atoms. The first-order chi connectivity index (χ1) is 16.9. The highest BCUT2D eigenvalue weighted by molar-refractivity contribution is 9.10. The van der Waals surface area contributed by atoms with Gasteiger partial charge in [0.15, 0.2) is 0 Å². The van der Waals surface area contributed by atoms with Gasteiger partial charge < -0.3 is 20.9 Å². The molecular weight excluding hydrogens is 504 g/mol. The third-order valence-electron chi connectivity index (χ3n) is 5.25. The van der Waals surface area contributed by atoms with E-state index in [2.05, 4.69) is 66.1 Å². The van der Waals surface area contributed by atoms with Gasteiger partial charge in [0, 0.05) is 35.9 Å². The summed E-state index contributed by atoms with van der Waals surface area (Å²) < 4.78 is 0.749. The number of rotatable bonds is 8. The minimum atomic E-state index is -0.177. The Morgan fingerprint density at radius 2 is 1.77 bits per heavy atom. The van der Waals surface area contributed by atoms with E-state index < -0.39 is 0 Å². The fraction of sp³-hybridized carbons (Fsp3) is 0.148. The van der Waals surface area contributed by atoms with Crippen molar-refractivity contribution in [3.05, 3.63) is 89.0 Å². The third kappa shape index (κ3) is 6.65. The van der Waals surface area contributed by atoms with E-state index in [0.717, 1.165) is 26.8 Å². The summed E-state index contributed by atoms with van der Waals surface area (Å²) >= 11 is 3.53. The van der Waals surface area contributed by atoms with Gasteiger partial charge in [-0.05, 0) is 77.6 Å². The number of nitrogens with zero attached hydrogens (tertiary/aromatic N) is 3. The van der Waals surface area contributed by atoms with Crippen molar-refractivity contribution in [1.29, 1.82) is 0 Å². The molecule has 0 aliphatic carbocycles. The number of hydrogen-bond donors (Lipinski definition) is 3. The minimum absolute atomic E-state index is 0.177. The molecule has 1 aromatic heterocycles. The zero-order chi connectivity index (χ0) is 24.8. The van der Waals surface area contributed by atoms with E-state index in [4.69, 9.17) is 0 Å². The molecule has 0 radical (unpaired) electrons. The standard InChI is InChI=1S/C27H27BrN6O/c1-18-10-12-22(30-25(35)9-6-14-34(2)3)16-24(18)32-27-29-17-23(28)26(33-27)31-21-13-11-19-7-4-5-8-20(19)15-21/h4-13,15-17H,14H2,1-3H3,(H,30,35)(H2,29,31,32,33)/b9-6+. The Kier molecular flexibility index (Phi) is 7.74. The predicted molar refractivity (Wildman–Crippen MR) is 148 cm³/mol. The van der Waals surface area contributed by atoms with Gasteiger partial charge in [0.2, 0.25) is 11.9 Å². The molecule has 0 saturated heterocycles. The van der Waals surface area contributed by atoms with Crippen molar-refractivity contribution in [2.75, 3.05) is 36.6 Å². The van der Waals surface area contributed by atoms with Gasteiger partial charge in [0.05, 0.1) is 4.47 Å². The molecule has 1 amide bonds. The van der Waals surface area contributed by atoms with Crippen molar-refractivity contribution >= 4 is 61.4 Å². The average Bonchev–Trinajstić information content (AvgIpc) is 2.83. The summed E-state index contributed by atoms with van der Waals surface area (Å²) in [5, 5.41) is 11.8. The molecule has 3 N–H and O–H groups in total. The number of benzene rings is 3. The SMILES string of the molecule is Cc1ccc(NC(=O)/C=C/CN(C)C)cc1Nc1ncc(Br)c(Nc2ccc3ccccc3c2)n1. The maximum absolute atomic E-state index is 12.2. The van der Waals surface area contributed by atoms with Crippen LogP contribution < -0.4 is 16.0 Å². The lowest BCUT2D eigenvalue weighted by atomic mass is 10.1. The van der Waals surface area contributed by atoms with Crippen LogP contribution in [0.15, 0.2) is 83.5 Å². The second kappa shape index (κ2) is 11.1. The summed E-state index contributed by atoms with van der Waals surface area (Å²) in [7, 11) is 3.90. The molecule has 178 valence electrons. The smallest absolute Gasteiger partial charge is 0.248 e. The van der Waals surface area contributed by atoms with Crippen LogP contribution in [0.2, 0.25) is 0 Å². The monoisotopic (exact) mass is 530 g/mol. The number of likely N-dealkylation sites (N-methyl/N-ethyl adjacent to an activating group) is 1. The predicted octanol–water partition coefficient (Wildman–Crippen LogP) is 6.24. The fourth-order valence-electron chi connectivity index (χ4n) is 3.43. The van der Waals surface area contributed by atoms with Gasteiger partial charge in [-0.25, -0.2) is 4.98 Å². The Hall–Kier alpha value is -3.75. The van der Waals surface area contributed by atoms with Gasteiger partial charge in [0.25, 0.3) is 0 Å². The van der Waals surface area contributed by atoms with Crippen molar-refractivity contribution < 1.29 is 4.79 Å². The number of aromatic nitrogens is 2. The first kappa shape index (κ1) is 24.4. The summed E-state index contributed by atoms with van der Waals surface area (Å²) in [5.41, 5.74) is 3.42. The van der Waals surface area contributed by atoms with Crippen LogP contribution in [0.4, 0.5) is 28.8 Å². The van der Waals surface area contributed by atoms with E-state index in [-0.39, 0.29) is 5.91 Å². The third-order valence-corrected chi connectivity index (χ3v) is 5.83. The van der Waals surface area contributed by atoms with Crippen molar-refractivity contribution in [2.24, 2.45) is 0 Å². The quantitative estimate of drug-likeness (QED) is 0.234. The number of fused-ring (bicyclic) bond motifs is 1. The molecule has 4 aromatic rings. The Bertz CT molecular complexity index is 1390. The molecule has 0 aliphatic rings. The van der Waals surface area contributed by atoms with E-state index in [0.29, 0.717) is 24.0 Å². The lowest BCUT2D eigenvalue weighted by molar-refractivity contribution is -0.111. The number of carbonyl (C=O) groups is 1. The van der Waals surface area contributed by atoms with E-state index >= 15 is 0 Å². The maximum atomic E-state index is 12.2. The Morgan fingerprint density at radius 3 is 2.57 bits per heavy atom. The van der Waals surface area contributed by atoms with E-state index in [1.165, 1.54) is 11.5 Å². The van der Waals surface area contributed by atoms with Gasteiger partial charge in [-0.1, -0.05) is 42.5 Å². The molecule has 4 rings (SSSR count). The van der Waals surface area contributed by atoms with Crippen LogP contribution in [0, 0.1) is 6.92 Å². The number of anilines is 5. The van der Waals surface area contributed by atoms with Gasteiger partial charge in [-0.2, -0.15) is 4.98 Å². The largest absolute Gasteiger partial charge is 0.339 e. The highest BCUT2D eigenvalue weighted by atomic mass is 79.9. The molecule has 0 fully saturated rings. The molecule has 0 atom stereocenters. The molecule has 0 bridgehead atoms. The first-order valence-electron chi connectivity index (χ1n) is 11.2. The second-order valence-electron chi connectivity index (χ2n) is 8.39. The van der Waals surface area contributed by atoms with Crippen molar-refractivity contribution in [2.45, 2.75) is 6.92 Å². The van der Waals surface area contributed by atoms with Crippen LogP contribution >= 0.6 is 15.9 Å². The normalized spacial score (nSPS) is 11.2. The first-order valence-corrected chi connectivity index (χ1v) is 11.9. The summed E-state index contributed by atoms with van der Waals surface area (Å²) in [6.45, 7) is 2.68. The number of aryl methyl sites for hydroxylation is 1. The molecule has 1 heterocycles. The molecule has 35 heavy (non-hydrogen) atoms. The second-order valence-corrected chi connectivity index (χ2v) is 9.24. The Balaban J connectivity index is 1.50. The summed E-state index contributed by atoms with van der Waals surface area (Å²) in [4.78, 5) is 23.2. The minimum Gasteiger partial charge on any atom is -0.339 e. The summed E-state index contributed by atoms with van der Waals surface area (Å²) in [6, 6.07) is 20.1. The maximum Gasteiger partial charge on any atom is 0.248 e. The van der Waals surface area contributed by atoms with Crippen molar-refractivity contribution in [1.82, 2.24) is 14.9 Å². The van der Waals surface area contributed by atoms with Crippen LogP contribution in [0.5, 0.6) is 0 Å². The number of hydrogen-bond acceptors (Lipinski definition) is 6. The Labute approximate surface area is 213 Å². The van der Waals surface area contributed by atoms with Crippen LogP contribution in [0.1, 0.15) is 5.56 Å². The highest BCUT2D eigenvalue weighted by Gasteiger charge is 2.09.